The van der Waals surface area contributed by atoms with Crippen LogP contribution in [-0.4, -0.2) is 39.8 Å². The number of allylic oxidation sites excluding steroid dienone is 1. The van der Waals surface area contributed by atoms with Gasteiger partial charge in [0.1, 0.15) is 17.2 Å². The molecule has 0 radical (unpaired) electrons. The van der Waals surface area contributed by atoms with Gasteiger partial charge in [-0.1, -0.05) is 17.7 Å². The maximum atomic E-state index is 12.9. The molecule has 1 aliphatic carbocycles. The molecule has 0 spiro atoms. The summed E-state index contributed by atoms with van der Waals surface area (Å²) >= 11 is 6.05. The van der Waals surface area contributed by atoms with Crippen LogP contribution in [0.4, 0.5) is 0 Å². The largest absolute Gasteiger partial charge is 0.477 e. The van der Waals surface area contributed by atoms with Crippen molar-refractivity contribution >= 4 is 46.0 Å². The molecule has 2 aromatic rings. The molecule has 7 nitrogen and oxygen atoms in total. The van der Waals surface area contributed by atoms with E-state index in [9.17, 15) is 24.3 Å². The number of ether oxygens (including phenoxy) is 1. The van der Waals surface area contributed by atoms with Crippen molar-refractivity contribution in [3.8, 4) is 0 Å². The molecule has 0 aliphatic heterocycles. The lowest BCUT2D eigenvalue weighted by molar-refractivity contribution is -0.140. The molecule has 1 aromatic heterocycles. The number of aryl methyl sites for hydroxylation is 1. The zero-order valence-electron chi connectivity index (χ0n) is 14.6. The van der Waals surface area contributed by atoms with Crippen molar-refractivity contribution in [1.29, 1.82) is 0 Å². The monoisotopic (exact) mass is 389 g/mol. The molecular weight excluding hydrogens is 374 g/mol. The highest BCUT2D eigenvalue weighted by Gasteiger charge is 2.41. The van der Waals surface area contributed by atoms with Crippen LogP contribution in [-0.2, 0) is 26.2 Å². The first-order chi connectivity index (χ1) is 12.8. The molecule has 0 fully saturated rings. The summed E-state index contributed by atoms with van der Waals surface area (Å²) in [5, 5.41) is 10.4. The van der Waals surface area contributed by atoms with Crippen LogP contribution in [0.2, 0.25) is 5.02 Å². The van der Waals surface area contributed by atoms with Crippen LogP contribution in [0.15, 0.2) is 29.8 Å². The molecule has 27 heavy (non-hydrogen) atoms. The third-order valence-electron chi connectivity index (χ3n) is 4.54. The molecule has 3 rings (SSSR count). The van der Waals surface area contributed by atoms with Gasteiger partial charge >= 0.3 is 11.9 Å². The van der Waals surface area contributed by atoms with E-state index in [1.165, 1.54) is 23.8 Å². The Morgan fingerprint density at radius 3 is 2.67 bits per heavy atom. The summed E-state index contributed by atoms with van der Waals surface area (Å²) < 4.78 is 6.27. The number of benzene rings is 1. The first kappa shape index (κ1) is 18.8. The Kier molecular flexibility index (Phi) is 4.89. The molecular formula is C19H16ClNO6. The normalized spacial score (nSPS) is 17.1. The Bertz CT molecular complexity index is 1030. The molecule has 0 saturated carbocycles. The van der Waals surface area contributed by atoms with Crippen molar-refractivity contribution in [3.63, 3.8) is 0 Å². The average Bonchev–Trinajstić information content (AvgIpc) is 2.87. The number of aromatic carboxylic acids is 1. The van der Waals surface area contributed by atoms with Gasteiger partial charge < -0.3 is 14.4 Å². The summed E-state index contributed by atoms with van der Waals surface area (Å²) in [7, 11) is 1.53. The number of rotatable bonds is 4. The summed E-state index contributed by atoms with van der Waals surface area (Å²) in [6.45, 7) is 1.68. The highest BCUT2D eigenvalue weighted by molar-refractivity contribution is 6.32. The predicted octanol–water partition coefficient (Wildman–Crippen LogP) is 2.64. The summed E-state index contributed by atoms with van der Waals surface area (Å²) in [4.78, 5) is 49.5. The molecule has 0 bridgehead atoms. The molecule has 1 aromatic carbocycles. The van der Waals surface area contributed by atoms with Crippen LogP contribution in [0.3, 0.4) is 0 Å². The number of Topliss-reactive ketones (excluding diaryl/α,β-unsaturated/α-hetero) is 2. The number of hydrogen-bond acceptors (Lipinski definition) is 5. The van der Waals surface area contributed by atoms with E-state index in [1.54, 1.807) is 19.1 Å². The predicted molar refractivity (Wildman–Crippen MR) is 97.0 cm³/mol. The maximum Gasteiger partial charge on any atom is 0.352 e. The van der Waals surface area contributed by atoms with Gasteiger partial charge in [0.25, 0.3) is 0 Å². The van der Waals surface area contributed by atoms with E-state index in [4.69, 9.17) is 16.3 Å². The van der Waals surface area contributed by atoms with Crippen molar-refractivity contribution < 1.29 is 29.0 Å². The number of nitrogens with zero attached hydrogens (tertiary/aromatic N) is 1. The molecule has 1 aliphatic rings. The number of carbonyl (C=O) groups is 4. The number of carboxylic acid groups (broad SMARTS) is 1. The molecule has 1 unspecified atom stereocenters. The second kappa shape index (κ2) is 7.00. The summed E-state index contributed by atoms with van der Waals surface area (Å²) in [6, 6.07) is 4.73. The maximum absolute atomic E-state index is 12.9. The Morgan fingerprint density at radius 1 is 1.33 bits per heavy atom. The number of ketones is 2. The zero-order chi connectivity index (χ0) is 19.9. The minimum atomic E-state index is -1.40. The molecule has 1 N–H and O–H groups in total. The molecule has 8 heteroatoms. The van der Waals surface area contributed by atoms with E-state index in [-0.39, 0.29) is 29.9 Å². The van der Waals surface area contributed by atoms with Crippen molar-refractivity contribution in [2.45, 2.75) is 19.3 Å². The summed E-state index contributed by atoms with van der Waals surface area (Å²) in [6.07, 6.45) is 1.07. The van der Waals surface area contributed by atoms with E-state index in [1.807, 2.05) is 0 Å². The van der Waals surface area contributed by atoms with Crippen molar-refractivity contribution in [2.75, 3.05) is 6.61 Å². The van der Waals surface area contributed by atoms with Crippen LogP contribution in [0.5, 0.6) is 0 Å². The van der Waals surface area contributed by atoms with Crippen LogP contribution in [0, 0.1) is 0 Å². The molecule has 0 saturated heterocycles. The lowest BCUT2D eigenvalue weighted by Gasteiger charge is -2.20. The third-order valence-corrected chi connectivity index (χ3v) is 4.78. The molecule has 1 heterocycles. The number of aromatic nitrogens is 1. The van der Waals surface area contributed by atoms with Gasteiger partial charge in [-0.2, -0.15) is 0 Å². The number of hydrogen-bond donors (Lipinski definition) is 1. The average molecular weight is 390 g/mol. The Hall–Kier alpha value is -2.93. The quantitative estimate of drug-likeness (QED) is 0.490. The van der Waals surface area contributed by atoms with Crippen LogP contribution >= 0.6 is 11.6 Å². The van der Waals surface area contributed by atoms with Gasteiger partial charge in [0, 0.05) is 35.0 Å². The van der Waals surface area contributed by atoms with Gasteiger partial charge in [-0.25, -0.2) is 9.59 Å². The van der Waals surface area contributed by atoms with Gasteiger partial charge in [-0.15, -0.1) is 0 Å². The number of carbonyl (C=O) groups excluding carboxylic acids is 3. The zero-order valence-corrected chi connectivity index (χ0v) is 15.4. The highest BCUT2D eigenvalue weighted by atomic mass is 35.5. The van der Waals surface area contributed by atoms with E-state index >= 15 is 0 Å². The van der Waals surface area contributed by atoms with Crippen LogP contribution in [0.1, 0.15) is 35.3 Å². The SMILES string of the molecule is CCOC(=O)C1=CCC(=O)C(c2c(C(=O)O)n(C)c3ccc(Cl)cc23)C1=O. The Balaban J connectivity index is 2.26. The molecule has 1 atom stereocenters. The van der Waals surface area contributed by atoms with E-state index < -0.39 is 29.4 Å². The van der Waals surface area contributed by atoms with Gasteiger partial charge in [-0.3, -0.25) is 9.59 Å². The first-order valence-electron chi connectivity index (χ1n) is 8.23. The molecule has 0 amide bonds. The van der Waals surface area contributed by atoms with Gasteiger partial charge in [0.2, 0.25) is 0 Å². The second-order valence-corrected chi connectivity index (χ2v) is 6.53. The fourth-order valence-electron chi connectivity index (χ4n) is 3.40. The van der Waals surface area contributed by atoms with Gasteiger partial charge in [0.05, 0.1) is 6.61 Å². The number of fused-ring (bicyclic) bond motifs is 1. The van der Waals surface area contributed by atoms with Crippen molar-refractivity contribution in [3.05, 3.63) is 46.1 Å². The van der Waals surface area contributed by atoms with E-state index in [0.29, 0.717) is 15.9 Å². The Labute approximate surface area is 159 Å². The van der Waals surface area contributed by atoms with Crippen LogP contribution in [0.25, 0.3) is 10.9 Å². The Morgan fingerprint density at radius 2 is 2.04 bits per heavy atom. The number of carboxylic acids is 1. The topological polar surface area (TPSA) is 103 Å². The van der Waals surface area contributed by atoms with E-state index in [2.05, 4.69) is 0 Å². The van der Waals surface area contributed by atoms with Gasteiger partial charge in [0.15, 0.2) is 11.6 Å². The van der Waals surface area contributed by atoms with Crippen LogP contribution < -0.4 is 0 Å². The lowest BCUT2D eigenvalue weighted by Crippen LogP contribution is -2.32. The summed E-state index contributed by atoms with van der Waals surface area (Å²) in [5.41, 5.74) is 0.132. The minimum absolute atomic E-state index is 0.0485. The van der Waals surface area contributed by atoms with Crippen molar-refractivity contribution in [1.82, 2.24) is 4.57 Å². The van der Waals surface area contributed by atoms with Crippen molar-refractivity contribution in [2.24, 2.45) is 7.05 Å². The molecule has 140 valence electrons. The highest BCUT2D eigenvalue weighted by Crippen LogP contribution is 2.37. The fourth-order valence-corrected chi connectivity index (χ4v) is 3.58. The third kappa shape index (κ3) is 3.04. The lowest BCUT2D eigenvalue weighted by atomic mass is 9.80. The standard InChI is InChI=1S/C19H16ClNO6/c1-3-27-19(26)10-5-7-13(22)15(17(10)23)14-11-8-9(20)4-6-12(11)21(2)16(14)18(24)25/h4-6,8,15H,3,7H2,1-2H3,(H,24,25). The number of halogens is 1. The first-order valence-corrected chi connectivity index (χ1v) is 8.61. The van der Waals surface area contributed by atoms with E-state index in [0.717, 1.165) is 0 Å². The number of esters is 1. The fraction of sp³-hybridized carbons (Fsp3) is 0.263. The summed E-state index contributed by atoms with van der Waals surface area (Å²) in [5.74, 6) is -4.76. The second-order valence-electron chi connectivity index (χ2n) is 6.09. The van der Waals surface area contributed by atoms with Gasteiger partial charge in [-0.05, 0) is 25.1 Å². The smallest absolute Gasteiger partial charge is 0.352 e. The minimum Gasteiger partial charge on any atom is -0.477 e.